The van der Waals surface area contributed by atoms with Crippen molar-refractivity contribution in [1.82, 2.24) is 10.2 Å². The highest BCUT2D eigenvalue weighted by molar-refractivity contribution is 7.18. The monoisotopic (exact) mass is 279 g/mol. The van der Waals surface area contributed by atoms with Crippen LogP contribution in [-0.2, 0) is 0 Å². The van der Waals surface area contributed by atoms with Crippen molar-refractivity contribution in [3.63, 3.8) is 0 Å². The molecule has 0 aliphatic heterocycles. The largest absolute Gasteiger partial charge is 0.232 e. The zero-order chi connectivity index (χ0) is 13.8. The molecule has 0 bridgehead atoms. The second-order valence-electron chi connectivity index (χ2n) is 4.32. The molecule has 1 aromatic heterocycles. The lowest BCUT2D eigenvalue weighted by Crippen LogP contribution is -1.92. The Morgan fingerprint density at radius 3 is 2.25 bits per heavy atom. The lowest BCUT2D eigenvalue weighted by Gasteiger charge is -1.97. The molecule has 0 saturated heterocycles. The summed E-state index contributed by atoms with van der Waals surface area (Å²) >= 11 is 1.50. The van der Waals surface area contributed by atoms with Gasteiger partial charge in [-0.1, -0.05) is 72.0 Å². The maximum absolute atomic E-state index is 4.54. The Labute approximate surface area is 121 Å². The lowest BCUT2D eigenvalue weighted by molar-refractivity contribution is 1.09. The Morgan fingerprint density at radius 2 is 1.55 bits per heavy atom. The molecule has 0 spiro atoms. The number of rotatable bonds is 3. The number of hydrogen-bond acceptors (Lipinski definition) is 4. The Morgan fingerprint density at radius 1 is 0.900 bits per heavy atom. The van der Waals surface area contributed by atoms with Crippen LogP contribution in [0.25, 0.3) is 10.6 Å². The third-order valence-electron chi connectivity index (χ3n) is 2.89. The molecule has 0 fully saturated rings. The summed E-state index contributed by atoms with van der Waals surface area (Å²) in [7, 11) is 0. The molecule has 3 nitrogen and oxygen atoms in total. The SMILES string of the molecule is C/C(=N\c1nnc(-c2ccccc2)s1)c1ccccc1. The molecule has 0 aliphatic rings. The molecule has 1 heterocycles. The molecule has 0 N–H and O–H groups in total. The van der Waals surface area contributed by atoms with E-state index in [4.69, 9.17) is 0 Å². The Balaban J connectivity index is 1.88. The van der Waals surface area contributed by atoms with E-state index in [-0.39, 0.29) is 0 Å². The van der Waals surface area contributed by atoms with Gasteiger partial charge in [0.05, 0.1) is 0 Å². The van der Waals surface area contributed by atoms with Gasteiger partial charge in [0.25, 0.3) is 0 Å². The fraction of sp³-hybridized carbons (Fsp3) is 0.0625. The predicted octanol–water partition coefficient (Wildman–Crippen LogP) is 4.35. The Bertz CT molecular complexity index is 718. The van der Waals surface area contributed by atoms with Gasteiger partial charge in [-0.05, 0) is 12.5 Å². The summed E-state index contributed by atoms with van der Waals surface area (Å²) in [5.74, 6) is 0. The van der Waals surface area contributed by atoms with Crippen LogP contribution >= 0.6 is 11.3 Å². The number of benzene rings is 2. The second-order valence-corrected chi connectivity index (χ2v) is 5.28. The highest BCUT2D eigenvalue weighted by atomic mass is 32.1. The summed E-state index contributed by atoms with van der Waals surface area (Å²) < 4.78 is 0. The van der Waals surface area contributed by atoms with Crippen LogP contribution in [0, 0.1) is 0 Å². The van der Waals surface area contributed by atoms with Gasteiger partial charge in [-0.3, -0.25) is 0 Å². The Hall–Kier alpha value is -2.33. The molecule has 0 amide bonds. The van der Waals surface area contributed by atoms with Crippen molar-refractivity contribution in [2.75, 3.05) is 0 Å². The van der Waals surface area contributed by atoms with Gasteiger partial charge in [0.15, 0.2) is 0 Å². The smallest absolute Gasteiger partial charge is 0.222 e. The zero-order valence-electron chi connectivity index (χ0n) is 11.0. The van der Waals surface area contributed by atoms with Crippen molar-refractivity contribution in [3.05, 3.63) is 66.2 Å². The van der Waals surface area contributed by atoms with Crippen LogP contribution in [0.4, 0.5) is 5.13 Å². The quantitative estimate of drug-likeness (QED) is 0.669. The molecule has 0 saturated carbocycles. The van der Waals surface area contributed by atoms with Crippen LogP contribution < -0.4 is 0 Å². The molecule has 4 heteroatoms. The van der Waals surface area contributed by atoms with E-state index in [9.17, 15) is 0 Å². The summed E-state index contributed by atoms with van der Waals surface area (Å²) in [5.41, 5.74) is 3.12. The average molecular weight is 279 g/mol. The third kappa shape index (κ3) is 2.81. The van der Waals surface area contributed by atoms with Crippen LogP contribution in [0.2, 0.25) is 0 Å². The van der Waals surface area contributed by atoms with Crippen molar-refractivity contribution in [3.8, 4) is 10.6 Å². The predicted molar refractivity (Wildman–Crippen MR) is 83.7 cm³/mol. The molecule has 0 atom stereocenters. The standard InChI is InChI=1S/C16H13N3S/c1-12(13-8-4-2-5-9-13)17-16-19-18-15(20-16)14-10-6-3-7-11-14/h2-11H,1H3/b17-12+. The second kappa shape index (κ2) is 5.75. The van der Waals surface area contributed by atoms with Crippen molar-refractivity contribution in [1.29, 1.82) is 0 Å². The first-order valence-corrected chi connectivity index (χ1v) is 7.14. The van der Waals surface area contributed by atoms with Crippen LogP contribution in [0.3, 0.4) is 0 Å². The van der Waals surface area contributed by atoms with Crippen molar-refractivity contribution in [2.24, 2.45) is 4.99 Å². The van der Waals surface area contributed by atoms with E-state index in [0.29, 0.717) is 5.13 Å². The number of aromatic nitrogens is 2. The van der Waals surface area contributed by atoms with Crippen LogP contribution in [-0.4, -0.2) is 15.9 Å². The summed E-state index contributed by atoms with van der Waals surface area (Å²) in [5, 5.41) is 9.91. The minimum Gasteiger partial charge on any atom is -0.222 e. The van der Waals surface area contributed by atoms with Gasteiger partial charge >= 0.3 is 0 Å². The molecule has 0 radical (unpaired) electrons. The first-order chi connectivity index (χ1) is 9.83. The van der Waals surface area contributed by atoms with Gasteiger partial charge in [0.2, 0.25) is 5.13 Å². The van der Waals surface area contributed by atoms with E-state index in [1.54, 1.807) is 0 Å². The van der Waals surface area contributed by atoms with E-state index >= 15 is 0 Å². The van der Waals surface area contributed by atoms with Crippen LogP contribution in [0.5, 0.6) is 0 Å². The van der Waals surface area contributed by atoms with Crippen LogP contribution in [0.15, 0.2) is 65.7 Å². The summed E-state index contributed by atoms with van der Waals surface area (Å²) in [4.78, 5) is 4.54. The molecular formula is C16H13N3S. The third-order valence-corrected chi connectivity index (χ3v) is 3.76. The first kappa shape index (κ1) is 12.7. The molecule has 98 valence electrons. The van der Waals surface area contributed by atoms with Gasteiger partial charge < -0.3 is 0 Å². The van der Waals surface area contributed by atoms with Crippen molar-refractivity contribution >= 4 is 22.2 Å². The highest BCUT2D eigenvalue weighted by Crippen LogP contribution is 2.28. The number of hydrogen-bond donors (Lipinski definition) is 0. The van der Waals surface area contributed by atoms with E-state index < -0.39 is 0 Å². The van der Waals surface area contributed by atoms with Gasteiger partial charge in [-0.25, -0.2) is 4.99 Å². The maximum atomic E-state index is 4.54. The van der Waals surface area contributed by atoms with E-state index in [2.05, 4.69) is 15.2 Å². The topological polar surface area (TPSA) is 38.1 Å². The van der Waals surface area contributed by atoms with E-state index in [1.807, 2.05) is 67.6 Å². The molecule has 20 heavy (non-hydrogen) atoms. The molecule has 3 aromatic rings. The molecule has 0 aliphatic carbocycles. The molecule has 2 aromatic carbocycles. The van der Waals surface area contributed by atoms with Crippen LogP contribution in [0.1, 0.15) is 12.5 Å². The van der Waals surface area contributed by atoms with Gasteiger partial charge in [-0.2, -0.15) is 0 Å². The van der Waals surface area contributed by atoms with Gasteiger partial charge in [-0.15, -0.1) is 10.2 Å². The van der Waals surface area contributed by atoms with E-state index in [0.717, 1.165) is 21.8 Å². The fourth-order valence-electron chi connectivity index (χ4n) is 1.85. The van der Waals surface area contributed by atoms with E-state index in [1.165, 1.54) is 11.3 Å². The highest BCUT2D eigenvalue weighted by Gasteiger charge is 2.06. The molecule has 3 rings (SSSR count). The normalized spacial score (nSPS) is 11.6. The number of nitrogens with zero attached hydrogens (tertiary/aromatic N) is 3. The van der Waals surface area contributed by atoms with Gasteiger partial charge in [0.1, 0.15) is 5.01 Å². The number of aliphatic imine (C=N–C) groups is 1. The summed E-state index contributed by atoms with van der Waals surface area (Å²) in [6.45, 7) is 1.99. The Kier molecular flexibility index (Phi) is 3.65. The molecular weight excluding hydrogens is 266 g/mol. The van der Waals surface area contributed by atoms with Gasteiger partial charge in [0, 0.05) is 11.3 Å². The fourth-order valence-corrected chi connectivity index (χ4v) is 2.62. The summed E-state index contributed by atoms with van der Waals surface area (Å²) in [6, 6.07) is 20.1. The molecule has 0 unspecified atom stereocenters. The minimum absolute atomic E-state index is 0.685. The maximum Gasteiger partial charge on any atom is 0.232 e. The van der Waals surface area contributed by atoms with Crippen molar-refractivity contribution in [2.45, 2.75) is 6.92 Å². The zero-order valence-corrected chi connectivity index (χ0v) is 11.8. The minimum atomic E-state index is 0.685. The average Bonchev–Trinajstić information content (AvgIpc) is 2.97. The van der Waals surface area contributed by atoms with Crippen molar-refractivity contribution < 1.29 is 0 Å². The lowest BCUT2D eigenvalue weighted by atomic mass is 10.1. The first-order valence-electron chi connectivity index (χ1n) is 6.32. The summed E-state index contributed by atoms with van der Waals surface area (Å²) in [6.07, 6.45) is 0.